The summed E-state index contributed by atoms with van der Waals surface area (Å²) in [4.78, 5) is 28.2. The lowest BCUT2D eigenvalue weighted by atomic mass is 10.1. The molecule has 2 heterocycles. The van der Waals surface area contributed by atoms with Crippen molar-refractivity contribution in [3.63, 3.8) is 0 Å². The molecular formula is C22H24N2O4. The van der Waals surface area contributed by atoms with Crippen molar-refractivity contribution in [1.82, 2.24) is 10.3 Å². The molecule has 2 atom stereocenters. The van der Waals surface area contributed by atoms with Gasteiger partial charge in [-0.1, -0.05) is 18.2 Å². The van der Waals surface area contributed by atoms with E-state index in [-0.39, 0.29) is 17.7 Å². The van der Waals surface area contributed by atoms with Gasteiger partial charge in [0.1, 0.15) is 11.3 Å². The largest absolute Gasteiger partial charge is 0.427 e. The zero-order valence-electron chi connectivity index (χ0n) is 15.8. The second-order valence-corrected chi connectivity index (χ2v) is 7.55. The molecule has 3 N–H and O–H groups in total. The molecule has 0 radical (unpaired) electrons. The molecule has 1 aromatic carbocycles. The number of fused-ring (bicyclic) bond motifs is 1. The number of aromatic nitrogens is 1. The van der Waals surface area contributed by atoms with Gasteiger partial charge in [0.05, 0.1) is 6.10 Å². The second kappa shape index (κ2) is 7.64. The molecule has 28 heavy (non-hydrogen) atoms. The number of aryl methyl sites for hydroxylation is 3. The van der Waals surface area contributed by atoms with Crippen LogP contribution in [-0.4, -0.2) is 28.1 Å². The van der Waals surface area contributed by atoms with Crippen molar-refractivity contribution in [3.05, 3.63) is 69.4 Å². The minimum atomic E-state index is -0.607. The average molecular weight is 380 g/mol. The Labute approximate surface area is 162 Å². The number of H-pyrrole nitrogens is 1. The zero-order valence-corrected chi connectivity index (χ0v) is 15.8. The fourth-order valence-corrected chi connectivity index (χ4v) is 4.01. The first kappa shape index (κ1) is 18.5. The van der Waals surface area contributed by atoms with Gasteiger partial charge in [-0.3, -0.25) is 4.79 Å². The van der Waals surface area contributed by atoms with Gasteiger partial charge in [0.25, 0.3) is 5.91 Å². The molecule has 1 amide bonds. The maximum Gasteiger partial charge on any atom is 0.349 e. The summed E-state index contributed by atoms with van der Waals surface area (Å²) < 4.78 is 5.43. The predicted octanol–water partition coefficient (Wildman–Crippen LogP) is 2.86. The molecule has 0 aliphatic heterocycles. The SMILES string of the molecule is Cc1cc(CCc2c[nH]c3ccccc23)oc(=O)c1C(=O)N[C@@H]1CC[C@H](O)C1. The number of aliphatic hydroxyl groups excluding tert-OH is 1. The van der Waals surface area contributed by atoms with Crippen LogP contribution < -0.4 is 10.9 Å². The van der Waals surface area contributed by atoms with Gasteiger partial charge in [-0.25, -0.2) is 4.79 Å². The summed E-state index contributed by atoms with van der Waals surface area (Å²) in [6.07, 6.45) is 4.83. The van der Waals surface area contributed by atoms with E-state index in [4.69, 9.17) is 4.42 Å². The molecule has 6 heteroatoms. The van der Waals surface area contributed by atoms with Crippen LogP contribution in [0.25, 0.3) is 10.9 Å². The lowest BCUT2D eigenvalue weighted by Crippen LogP contribution is -2.36. The highest BCUT2D eigenvalue weighted by atomic mass is 16.4. The Hall–Kier alpha value is -2.86. The quantitative estimate of drug-likeness (QED) is 0.634. The Kier molecular flexibility index (Phi) is 5.05. The number of amides is 1. The van der Waals surface area contributed by atoms with Crippen molar-refractivity contribution in [3.8, 4) is 0 Å². The van der Waals surface area contributed by atoms with Gasteiger partial charge < -0.3 is 19.8 Å². The van der Waals surface area contributed by atoms with Crippen LogP contribution in [0.15, 0.2) is 45.7 Å². The van der Waals surface area contributed by atoms with Crippen molar-refractivity contribution in [2.75, 3.05) is 0 Å². The average Bonchev–Trinajstić information content (AvgIpc) is 3.25. The smallest absolute Gasteiger partial charge is 0.349 e. The Balaban J connectivity index is 1.48. The Bertz CT molecular complexity index is 1070. The Morgan fingerprint density at radius 2 is 2.11 bits per heavy atom. The molecule has 0 unspecified atom stereocenters. The highest BCUT2D eigenvalue weighted by Gasteiger charge is 2.26. The highest BCUT2D eigenvalue weighted by molar-refractivity contribution is 5.95. The van der Waals surface area contributed by atoms with Crippen molar-refractivity contribution in [1.29, 1.82) is 0 Å². The normalized spacial score (nSPS) is 19.2. The number of para-hydroxylation sites is 1. The lowest BCUT2D eigenvalue weighted by molar-refractivity contribution is 0.0929. The number of aromatic amines is 1. The number of hydrogen-bond donors (Lipinski definition) is 3. The van der Waals surface area contributed by atoms with E-state index in [0.29, 0.717) is 30.6 Å². The number of carbonyl (C=O) groups excluding carboxylic acids is 1. The maximum absolute atomic E-state index is 12.5. The number of aliphatic hydroxyl groups is 1. The number of carbonyl (C=O) groups is 1. The molecular weight excluding hydrogens is 356 g/mol. The monoisotopic (exact) mass is 380 g/mol. The topological polar surface area (TPSA) is 95.3 Å². The van der Waals surface area contributed by atoms with E-state index >= 15 is 0 Å². The van der Waals surface area contributed by atoms with Crippen LogP contribution in [0, 0.1) is 6.92 Å². The molecule has 3 aromatic rings. The van der Waals surface area contributed by atoms with Gasteiger partial charge in [-0.05, 0) is 55.9 Å². The third-order valence-corrected chi connectivity index (χ3v) is 5.48. The molecule has 1 fully saturated rings. The molecule has 1 aliphatic rings. The molecule has 1 saturated carbocycles. The summed E-state index contributed by atoms with van der Waals surface area (Å²) >= 11 is 0. The van der Waals surface area contributed by atoms with Gasteiger partial charge in [0, 0.05) is 29.6 Å². The van der Waals surface area contributed by atoms with Crippen LogP contribution in [0.1, 0.15) is 46.5 Å². The maximum atomic E-state index is 12.5. The molecule has 0 spiro atoms. The highest BCUT2D eigenvalue weighted by Crippen LogP contribution is 2.21. The molecule has 2 aromatic heterocycles. The summed E-state index contributed by atoms with van der Waals surface area (Å²) in [6, 6.07) is 9.76. The number of benzene rings is 1. The summed E-state index contributed by atoms with van der Waals surface area (Å²) in [5.74, 6) is 0.147. The molecule has 146 valence electrons. The van der Waals surface area contributed by atoms with Crippen LogP contribution in [0.5, 0.6) is 0 Å². The van der Waals surface area contributed by atoms with E-state index in [9.17, 15) is 14.7 Å². The van der Waals surface area contributed by atoms with E-state index in [2.05, 4.69) is 16.4 Å². The Morgan fingerprint density at radius 3 is 2.86 bits per heavy atom. The zero-order chi connectivity index (χ0) is 19.7. The lowest BCUT2D eigenvalue weighted by Gasteiger charge is -2.13. The number of hydrogen-bond acceptors (Lipinski definition) is 4. The molecule has 0 saturated heterocycles. The third-order valence-electron chi connectivity index (χ3n) is 5.48. The van der Waals surface area contributed by atoms with Crippen molar-refractivity contribution >= 4 is 16.8 Å². The first-order valence-electron chi connectivity index (χ1n) is 9.69. The fraction of sp³-hybridized carbons (Fsp3) is 0.364. The number of nitrogens with one attached hydrogen (secondary N) is 2. The van der Waals surface area contributed by atoms with E-state index in [1.165, 1.54) is 0 Å². The number of rotatable bonds is 5. The summed E-state index contributed by atoms with van der Waals surface area (Å²) in [5.41, 5.74) is 2.31. The van der Waals surface area contributed by atoms with Gasteiger partial charge in [0.15, 0.2) is 0 Å². The minimum Gasteiger partial charge on any atom is -0.427 e. The van der Waals surface area contributed by atoms with Crippen molar-refractivity contribution < 1.29 is 14.3 Å². The molecule has 4 rings (SSSR count). The van der Waals surface area contributed by atoms with Crippen LogP contribution in [0.4, 0.5) is 0 Å². The summed E-state index contributed by atoms with van der Waals surface area (Å²) in [7, 11) is 0. The summed E-state index contributed by atoms with van der Waals surface area (Å²) in [5, 5.41) is 13.6. The van der Waals surface area contributed by atoms with Crippen LogP contribution in [-0.2, 0) is 12.8 Å². The molecule has 0 bridgehead atoms. The van der Waals surface area contributed by atoms with Crippen molar-refractivity contribution in [2.24, 2.45) is 0 Å². The minimum absolute atomic E-state index is 0.0530. The van der Waals surface area contributed by atoms with E-state index in [1.807, 2.05) is 24.4 Å². The first-order valence-corrected chi connectivity index (χ1v) is 9.69. The molecule has 1 aliphatic carbocycles. The van der Waals surface area contributed by atoms with Gasteiger partial charge in [-0.15, -0.1) is 0 Å². The van der Waals surface area contributed by atoms with E-state index < -0.39 is 11.5 Å². The van der Waals surface area contributed by atoms with Crippen LogP contribution in [0.3, 0.4) is 0 Å². The third kappa shape index (κ3) is 3.73. The standard InChI is InChI=1S/C22H24N2O4/c1-13-10-17(9-6-14-12-23-19-5-3-2-4-18(14)19)28-22(27)20(13)21(26)24-15-7-8-16(25)11-15/h2-5,10,12,15-16,23,25H,6-9,11H2,1H3,(H,24,26)/t15-,16+/m1/s1. The van der Waals surface area contributed by atoms with Crippen LogP contribution >= 0.6 is 0 Å². The van der Waals surface area contributed by atoms with Gasteiger partial charge in [-0.2, -0.15) is 0 Å². The van der Waals surface area contributed by atoms with Gasteiger partial charge in [0.2, 0.25) is 0 Å². The van der Waals surface area contributed by atoms with Gasteiger partial charge >= 0.3 is 5.63 Å². The van der Waals surface area contributed by atoms with Crippen molar-refractivity contribution in [2.45, 2.75) is 51.2 Å². The van der Waals surface area contributed by atoms with E-state index in [1.54, 1.807) is 13.0 Å². The summed E-state index contributed by atoms with van der Waals surface area (Å²) in [6.45, 7) is 1.75. The fourth-order valence-electron chi connectivity index (χ4n) is 4.01. The predicted molar refractivity (Wildman–Crippen MR) is 107 cm³/mol. The second-order valence-electron chi connectivity index (χ2n) is 7.55. The molecule has 6 nitrogen and oxygen atoms in total. The van der Waals surface area contributed by atoms with E-state index in [0.717, 1.165) is 29.3 Å². The first-order chi connectivity index (χ1) is 13.5. The Morgan fingerprint density at radius 1 is 1.29 bits per heavy atom. The van der Waals surface area contributed by atoms with Crippen LogP contribution in [0.2, 0.25) is 0 Å².